The molecule has 0 aliphatic carbocycles. The van der Waals surface area contributed by atoms with E-state index in [0.29, 0.717) is 17.0 Å². The first-order valence-electron chi connectivity index (χ1n) is 5.40. The van der Waals surface area contributed by atoms with Crippen LogP contribution in [0.1, 0.15) is 0 Å². The molecule has 3 aromatic rings. The molecule has 0 saturated carbocycles. The Kier molecular flexibility index (Phi) is 2.60. The molecule has 0 aliphatic rings. The summed E-state index contributed by atoms with van der Waals surface area (Å²) in [7, 11) is 1.59. The van der Waals surface area contributed by atoms with Gasteiger partial charge in [-0.25, -0.2) is 4.98 Å². The largest absolute Gasteiger partial charge is 0.497 e. The van der Waals surface area contributed by atoms with Gasteiger partial charge in [-0.1, -0.05) is 6.07 Å². The summed E-state index contributed by atoms with van der Waals surface area (Å²) in [5, 5.41) is 1.93. The van der Waals surface area contributed by atoms with Gasteiger partial charge in [-0.2, -0.15) is 0 Å². The number of thiophene rings is 1. The van der Waals surface area contributed by atoms with Gasteiger partial charge < -0.3 is 9.72 Å². The standard InChI is InChI=1S/C13H10N2O2S/c1-17-8-4-5-9-10(7-8)15-13(16)12(14-9)11-3-2-6-18-11/h2-7H,1H3,(H,15,16). The summed E-state index contributed by atoms with van der Waals surface area (Å²) in [5.41, 5.74) is 1.71. The van der Waals surface area contributed by atoms with Gasteiger partial charge in [0.2, 0.25) is 0 Å². The number of hydrogen-bond acceptors (Lipinski definition) is 4. The average molecular weight is 258 g/mol. The summed E-state index contributed by atoms with van der Waals surface area (Å²) >= 11 is 1.50. The number of nitrogens with one attached hydrogen (secondary N) is 1. The predicted molar refractivity (Wildman–Crippen MR) is 72.2 cm³/mol. The highest BCUT2D eigenvalue weighted by molar-refractivity contribution is 7.13. The van der Waals surface area contributed by atoms with Gasteiger partial charge in [0.1, 0.15) is 11.4 Å². The van der Waals surface area contributed by atoms with E-state index < -0.39 is 0 Å². The lowest BCUT2D eigenvalue weighted by molar-refractivity contribution is 0.415. The van der Waals surface area contributed by atoms with Gasteiger partial charge in [0, 0.05) is 6.07 Å². The van der Waals surface area contributed by atoms with E-state index in [1.807, 2.05) is 29.6 Å². The average Bonchev–Trinajstić information content (AvgIpc) is 2.91. The molecule has 0 unspecified atom stereocenters. The molecule has 0 amide bonds. The van der Waals surface area contributed by atoms with Crippen molar-refractivity contribution in [2.75, 3.05) is 7.11 Å². The molecule has 2 heterocycles. The Morgan fingerprint density at radius 3 is 2.94 bits per heavy atom. The highest BCUT2D eigenvalue weighted by Crippen LogP contribution is 2.22. The molecular weight excluding hydrogens is 248 g/mol. The van der Waals surface area contributed by atoms with E-state index in [1.54, 1.807) is 13.2 Å². The summed E-state index contributed by atoms with van der Waals surface area (Å²) in [6, 6.07) is 9.21. The molecule has 0 fully saturated rings. The Labute approximate surface area is 107 Å². The molecule has 0 bridgehead atoms. The molecule has 1 aromatic carbocycles. The maximum Gasteiger partial charge on any atom is 0.275 e. The van der Waals surface area contributed by atoms with Crippen LogP contribution in [-0.2, 0) is 0 Å². The third-order valence-electron chi connectivity index (χ3n) is 2.65. The zero-order valence-corrected chi connectivity index (χ0v) is 10.5. The first-order chi connectivity index (χ1) is 8.78. The molecule has 1 N–H and O–H groups in total. The molecule has 0 saturated heterocycles. The van der Waals surface area contributed by atoms with E-state index in [0.717, 1.165) is 10.4 Å². The van der Waals surface area contributed by atoms with Crippen molar-refractivity contribution < 1.29 is 4.74 Å². The molecule has 4 nitrogen and oxygen atoms in total. The van der Waals surface area contributed by atoms with Gasteiger partial charge in [-0.05, 0) is 23.6 Å². The van der Waals surface area contributed by atoms with Crippen LogP contribution >= 0.6 is 11.3 Å². The molecule has 2 aromatic heterocycles. The minimum absolute atomic E-state index is 0.182. The zero-order valence-electron chi connectivity index (χ0n) is 9.64. The number of benzene rings is 1. The van der Waals surface area contributed by atoms with Gasteiger partial charge in [0.15, 0.2) is 0 Å². The highest BCUT2D eigenvalue weighted by atomic mass is 32.1. The van der Waals surface area contributed by atoms with E-state index in [9.17, 15) is 4.79 Å². The number of H-pyrrole nitrogens is 1. The summed E-state index contributed by atoms with van der Waals surface area (Å²) in [4.78, 5) is 20.1. The fourth-order valence-corrected chi connectivity index (χ4v) is 2.48. The van der Waals surface area contributed by atoms with Crippen molar-refractivity contribution >= 4 is 22.4 Å². The minimum Gasteiger partial charge on any atom is -0.497 e. The van der Waals surface area contributed by atoms with Crippen molar-refractivity contribution in [3.05, 3.63) is 46.1 Å². The number of rotatable bonds is 2. The zero-order chi connectivity index (χ0) is 12.5. The topological polar surface area (TPSA) is 55.0 Å². The van der Waals surface area contributed by atoms with E-state index in [1.165, 1.54) is 11.3 Å². The van der Waals surface area contributed by atoms with E-state index in [2.05, 4.69) is 9.97 Å². The van der Waals surface area contributed by atoms with Gasteiger partial charge in [0.25, 0.3) is 5.56 Å². The Morgan fingerprint density at radius 2 is 2.22 bits per heavy atom. The lowest BCUT2D eigenvalue weighted by atomic mass is 10.2. The maximum absolute atomic E-state index is 12.0. The molecule has 0 atom stereocenters. The molecule has 18 heavy (non-hydrogen) atoms. The number of methoxy groups -OCH3 is 1. The van der Waals surface area contributed by atoms with Crippen LogP contribution in [0.25, 0.3) is 21.6 Å². The van der Waals surface area contributed by atoms with Crippen LogP contribution in [0.4, 0.5) is 0 Å². The SMILES string of the molecule is COc1ccc2nc(-c3cccs3)c(=O)[nH]c2c1. The fourth-order valence-electron chi connectivity index (χ4n) is 1.77. The normalized spacial score (nSPS) is 10.7. The first-order valence-corrected chi connectivity index (χ1v) is 6.28. The number of ether oxygens (including phenoxy) is 1. The van der Waals surface area contributed by atoms with Crippen molar-refractivity contribution in [1.29, 1.82) is 0 Å². The van der Waals surface area contributed by atoms with E-state index in [-0.39, 0.29) is 5.56 Å². The molecule has 3 rings (SSSR count). The number of aromatic nitrogens is 2. The van der Waals surface area contributed by atoms with Crippen LogP contribution in [0.3, 0.4) is 0 Å². The van der Waals surface area contributed by atoms with Gasteiger partial charge in [-0.15, -0.1) is 11.3 Å². The summed E-state index contributed by atoms with van der Waals surface area (Å²) < 4.78 is 5.12. The molecular formula is C13H10N2O2S. The molecule has 5 heteroatoms. The van der Waals surface area contributed by atoms with Gasteiger partial charge >= 0.3 is 0 Å². The molecule has 0 spiro atoms. The van der Waals surface area contributed by atoms with Crippen LogP contribution in [0.5, 0.6) is 5.75 Å². The number of hydrogen-bond donors (Lipinski definition) is 1. The van der Waals surface area contributed by atoms with Crippen LogP contribution < -0.4 is 10.3 Å². The monoisotopic (exact) mass is 258 g/mol. The Hall–Kier alpha value is -2.14. The molecule has 0 radical (unpaired) electrons. The molecule has 90 valence electrons. The quantitative estimate of drug-likeness (QED) is 0.768. The smallest absolute Gasteiger partial charge is 0.275 e. The summed E-state index contributed by atoms with van der Waals surface area (Å²) in [6.45, 7) is 0. The van der Waals surface area contributed by atoms with Crippen molar-refractivity contribution in [2.45, 2.75) is 0 Å². The summed E-state index contributed by atoms with van der Waals surface area (Å²) in [5.74, 6) is 0.698. The predicted octanol–water partition coefficient (Wildman–Crippen LogP) is 2.66. The number of fused-ring (bicyclic) bond motifs is 1. The van der Waals surface area contributed by atoms with Crippen LogP contribution in [0.2, 0.25) is 0 Å². The minimum atomic E-state index is -0.182. The van der Waals surface area contributed by atoms with Crippen LogP contribution in [-0.4, -0.2) is 17.1 Å². The number of nitrogens with zero attached hydrogens (tertiary/aromatic N) is 1. The number of aromatic amines is 1. The van der Waals surface area contributed by atoms with Crippen molar-refractivity contribution in [2.24, 2.45) is 0 Å². The Morgan fingerprint density at radius 1 is 1.33 bits per heavy atom. The second kappa shape index (κ2) is 4.27. The van der Waals surface area contributed by atoms with Gasteiger partial charge in [-0.3, -0.25) is 4.79 Å². The van der Waals surface area contributed by atoms with Crippen LogP contribution in [0, 0.1) is 0 Å². The van der Waals surface area contributed by atoms with Crippen molar-refractivity contribution in [3.8, 4) is 16.3 Å². The van der Waals surface area contributed by atoms with Crippen LogP contribution in [0.15, 0.2) is 40.5 Å². The second-order valence-electron chi connectivity index (χ2n) is 3.77. The third-order valence-corrected chi connectivity index (χ3v) is 3.53. The third kappa shape index (κ3) is 1.78. The van der Waals surface area contributed by atoms with E-state index >= 15 is 0 Å². The summed E-state index contributed by atoms with van der Waals surface area (Å²) in [6.07, 6.45) is 0. The van der Waals surface area contributed by atoms with E-state index in [4.69, 9.17) is 4.74 Å². The van der Waals surface area contributed by atoms with Crippen molar-refractivity contribution in [1.82, 2.24) is 9.97 Å². The fraction of sp³-hybridized carbons (Fsp3) is 0.0769. The Balaban J connectivity index is 2.25. The van der Waals surface area contributed by atoms with Gasteiger partial charge in [0.05, 0.1) is 23.0 Å². The van der Waals surface area contributed by atoms with Crippen molar-refractivity contribution in [3.63, 3.8) is 0 Å². The first kappa shape index (κ1) is 11.0. The lowest BCUT2D eigenvalue weighted by Crippen LogP contribution is -2.10. The lowest BCUT2D eigenvalue weighted by Gasteiger charge is -2.03. The highest BCUT2D eigenvalue weighted by Gasteiger charge is 2.08. The molecule has 0 aliphatic heterocycles. The maximum atomic E-state index is 12.0. The Bertz CT molecular complexity index is 747. The second-order valence-corrected chi connectivity index (χ2v) is 4.72.